The zero-order valence-corrected chi connectivity index (χ0v) is 13.8. The van der Waals surface area contributed by atoms with E-state index in [1.807, 2.05) is 13.0 Å². The van der Waals surface area contributed by atoms with E-state index in [0.29, 0.717) is 18.9 Å². The van der Waals surface area contributed by atoms with Crippen LogP contribution >= 0.6 is 0 Å². The van der Waals surface area contributed by atoms with E-state index in [0.717, 1.165) is 6.42 Å². The van der Waals surface area contributed by atoms with Gasteiger partial charge in [-0.1, -0.05) is 26.5 Å². The normalized spacial score (nSPS) is 24.6. The van der Waals surface area contributed by atoms with E-state index >= 15 is 0 Å². The number of carbonyl (C=O) groups is 1. The summed E-state index contributed by atoms with van der Waals surface area (Å²) < 4.78 is 16.5. The Morgan fingerprint density at radius 1 is 1.55 bits per heavy atom. The van der Waals surface area contributed by atoms with E-state index < -0.39 is 12.3 Å². The molecule has 0 saturated heterocycles. The molecule has 0 aliphatic carbocycles. The van der Waals surface area contributed by atoms with Gasteiger partial charge in [-0.05, 0) is 37.7 Å². The minimum Gasteiger partial charge on any atom is -0.457 e. The third-order valence-corrected chi connectivity index (χ3v) is 3.76. The van der Waals surface area contributed by atoms with Gasteiger partial charge >= 0.3 is 5.97 Å². The highest BCUT2D eigenvalue weighted by atomic mass is 16.7. The van der Waals surface area contributed by atoms with E-state index in [-0.39, 0.29) is 30.8 Å². The molecular weight excluding hydrogens is 284 g/mol. The van der Waals surface area contributed by atoms with E-state index in [2.05, 4.69) is 20.4 Å². The van der Waals surface area contributed by atoms with Crippen LogP contribution in [0.1, 0.15) is 33.6 Å². The summed E-state index contributed by atoms with van der Waals surface area (Å²) >= 11 is 0. The Kier molecular flexibility index (Phi) is 8.20. The number of aliphatic hydroxyl groups is 1. The Bertz CT molecular complexity index is 389. The molecule has 1 aliphatic heterocycles. The van der Waals surface area contributed by atoms with Crippen molar-refractivity contribution < 1.29 is 24.1 Å². The molecule has 1 N–H and O–H groups in total. The van der Waals surface area contributed by atoms with Crippen molar-refractivity contribution in [1.82, 2.24) is 0 Å². The standard InChI is InChI=1S/C17H28O5/c1-5-10-21-16(19)15-11-14(12(3)4)13(8-7-9-18)17(22-15)20-6-2/h5,11-14,17-18H,1,6-10H2,2-4H3/t13-,14+,17+/m1/s1. The zero-order valence-electron chi connectivity index (χ0n) is 13.8. The number of allylic oxidation sites excluding steroid dienone is 1. The Hall–Kier alpha value is -1.33. The van der Waals surface area contributed by atoms with Gasteiger partial charge in [0, 0.05) is 19.1 Å². The van der Waals surface area contributed by atoms with Crippen LogP contribution in [0.3, 0.4) is 0 Å². The summed E-state index contributed by atoms with van der Waals surface area (Å²) in [5, 5.41) is 9.09. The molecule has 0 aromatic heterocycles. The first kappa shape index (κ1) is 18.7. The average Bonchev–Trinajstić information content (AvgIpc) is 2.50. The SMILES string of the molecule is C=CCOC(=O)C1=C[C@@H](C(C)C)[C@@H](CCCO)[C@@H](OCC)O1. The van der Waals surface area contributed by atoms with Crippen molar-refractivity contribution in [3.05, 3.63) is 24.5 Å². The van der Waals surface area contributed by atoms with Crippen LogP contribution in [0.25, 0.3) is 0 Å². The van der Waals surface area contributed by atoms with Crippen LogP contribution in [0.4, 0.5) is 0 Å². The topological polar surface area (TPSA) is 65.0 Å². The van der Waals surface area contributed by atoms with E-state index in [1.165, 1.54) is 6.08 Å². The number of rotatable bonds is 9. The highest BCUT2D eigenvalue weighted by Gasteiger charge is 2.38. The zero-order chi connectivity index (χ0) is 16.5. The molecule has 0 radical (unpaired) electrons. The van der Waals surface area contributed by atoms with Gasteiger partial charge in [0.05, 0.1) is 0 Å². The van der Waals surface area contributed by atoms with E-state index in [1.54, 1.807) is 0 Å². The smallest absolute Gasteiger partial charge is 0.373 e. The lowest BCUT2D eigenvalue weighted by molar-refractivity contribution is -0.182. The summed E-state index contributed by atoms with van der Waals surface area (Å²) in [5.74, 6) is 0.305. The molecule has 1 heterocycles. The lowest BCUT2D eigenvalue weighted by atomic mass is 9.78. The molecule has 0 aromatic rings. The largest absolute Gasteiger partial charge is 0.457 e. The highest BCUT2D eigenvalue weighted by molar-refractivity contribution is 5.86. The molecule has 1 aliphatic rings. The van der Waals surface area contributed by atoms with Gasteiger partial charge in [0.15, 0.2) is 0 Å². The van der Waals surface area contributed by atoms with Crippen molar-refractivity contribution in [1.29, 1.82) is 0 Å². The molecule has 0 aromatic carbocycles. The minimum atomic E-state index is -0.490. The number of aliphatic hydroxyl groups excluding tert-OH is 1. The third kappa shape index (κ3) is 5.14. The number of carbonyl (C=O) groups excluding carboxylic acids is 1. The molecule has 22 heavy (non-hydrogen) atoms. The lowest BCUT2D eigenvalue weighted by Crippen LogP contribution is -2.39. The maximum Gasteiger partial charge on any atom is 0.373 e. The quantitative estimate of drug-likeness (QED) is 0.524. The van der Waals surface area contributed by atoms with E-state index in [4.69, 9.17) is 19.3 Å². The van der Waals surface area contributed by atoms with Crippen molar-refractivity contribution in [2.75, 3.05) is 19.8 Å². The van der Waals surface area contributed by atoms with Crippen molar-refractivity contribution in [3.8, 4) is 0 Å². The summed E-state index contributed by atoms with van der Waals surface area (Å²) in [6.45, 7) is 10.4. The molecule has 5 nitrogen and oxygen atoms in total. The maximum atomic E-state index is 12.0. The summed E-state index contributed by atoms with van der Waals surface area (Å²) in [6, 6.07) is 0. The summed E-state index contributed by atoms with van der Waals surface area (Å²) in [7, 11) is 0. The fourth-order valence-corrected chi connectivity index (χ4v) is 2.72. The Labute approximate surface area is 132 Å². The molecule has 3 atom stereocenters. The second-order valence-corrected chi connectivity index (χ2v) is 5.71. The molecule has 0 saturated carbocycles. The highest BCUT2D eigenvalue weighted by Crippen LogP contribution is 2.37. The van der Waals surface area contributed by atoms with Gasteiger partial charge in [-0.25, -0.2) is 4.79 Å². The molecular formula is C17H28O5. The van der Waals surface area contributed by atoms with E-state index in [9.17, 15) is 4.79 Å². The van der Waals surface area contributed by atoms with Crippen molar-refractivity contribution in [3.63, 3.8) is 0 Å². The molecule has 0 bridgehead atoms. The Morgan fingerprint density at radius 2 is 2.27 bits per heavy atom. The van der Waals surface area contributed by atoms with Crippen LogP contribution in [0.5, 0.6) is 0 Å². The van der Waals surface area contributed by atoms with Gasteiger partial charge < -0.3 is 19.3 Å². The molecule has 0 spiro atoms. The van der Waals surface area contributed by atoms with Gasteiger partial charge in [0.2, 0.25) is 12.0 Å². The second-order valence-electron chi connectivity index (χ2n) is 5.71. The fourth-order valence-electron chi connectivity index (χ4n) is 2.72. The monoisotopic (exact) mass is 312 g/mol. The summed E-state index contributed by atoms with van der Waals surface area (Å²) in [4.78, 5) is 12.0. The van der Waals surface area contributed by atoms with Gasteiger partial charge in [-0.3, -0.25) is 0 Å². The molecule has 0 amide bonds. The number of hydrogen-bond acceptors (Lipinski definition) is 5. The third-order valence-electron chi connectivity index (χ3n) is 3.76. The van der Waals surface area contributed by atoms with Gasteiger partial charge in [-0.2, -0.15) is 0 Å². The van der Waals surface area contributed by atoms with Crippen LogP contribution in [0.2, 0.25) is 0 Å². The lowest BCUT2D eigenvalue weighted by Gasteiger charge is -2.38. The molecule has 0 unspecified atom stereocenters. The Morgan fingerprint density at radius 3 is 2.82 bits per heavy atom. The first-order chi connectivity index (χ1) is 10.5. The van der Waals surface area contributed by atoms with Crippen LogP contribution in [-0.2, 0) is 19.0 Å². The van der Waals surface area contributed by atoms with Crippen LogP contribution < -0.4 is 0 Å². The maximum absolute atomic E-state index is 12.0. The summed E-state index contributed by atoms with van der Waals surface area (Å²) in [6.07, 6.45) is 4.35. The summed E-state index contributed by atoms with van der Waals surface area (Å²) in [5.41, 5.74) is 0. The average molecular weight is 312 g/mol. The van der Waals surface area contributed by atoms with Gasteiger partial charge in [0.25, 0.3) is 0 Å². The number of ether oxygens (including phenoxy) is 3. The van der Waals surface area contributed by atoms with Crippen LogP contribution in [-0.4, -0.2) is 37.2 Å². The van der Waals surface area contributed by atoms with Crippen LogP contribution in [0.15, 0.2) is 24.5 Å². The Balaban J connectivity index is 2.95. The van der Waals surface area contributed by atoms with Crippen molar-refractivity contribution in [2.24, 2.45) is 17.8 Å². The van der Waals surface area contributed by atoms with Gasteiger partial charge in [-0.15, -0.1) is 0 Å². The first-order valence-corrected chi connectivity index (χ1v) is 7.94. The van der Waals surface area contributed by atoms with Gasteiger partial charge in [0.1, 0.15) is 6.61 Å². The number of hydrogen-bond donors (Lipinski definition) is 1. The first-order valence-electron chi connectivity index (χ1n) is 7.94. The molecule has 5 heteroatoms. The van der Waals surface area contributed by atoms with Crippen molar-refractivity contribution >= 4 is 5.97 Å². The minimum absolute atomic E-state index is 0.114. The molecule has 126 valence electrons. The predicted molar refractivity (Wildman–Crippen MR) is 83.9 cm³/mol. The predicted octanol–water partition coefficient (Wildman–Crippen LogP) is 2.65. The fraction of sp³-hybridized carbons (Fsp3) is 0.706. The second kappa shape index (κ2) is 9.64. The van der Waals surface area contributed by atoms with Crippen molar-refractivity contribution in [2.45, 2.75) is 39.9 Å². The van der Waals surface area contributed by atoms with Crippen LogP contribution in [0, 0.1) is 17.8 Å². The number of esters is 1. The molecule has 0 fully saturated rings. The molecule has 1 rings (SSSR count).